The highest BCUT2D eigenvalue weighted by Gasteiger charge is 2.13. The Labute approximate surface area is 150 Å². The van der Waals surface area contributed by atoms with Gasteiger partial charge in [0.2, 0.25) is 0 Å². The Hall–Kier alpha value is -2.51. The van der Waals surface area contributed by atoms with E-state index in [2.05, 4.69) is 14.9 Å². The highest BCUT2D eigenvalue weighted by atomic mass is 35.5. The van der Waals surface area contributed by atoms with E-state index >= 15 is 0 Å². The molecule has 0 unspecified atom stereocenters. The zero-order chi connectivity index (χ0) is 18.2. The van der Waals surface area contributed by atoms with Crippen molar-refractivity contribution < 1.29 is 13.5 Å². The molecule has 130 valence electrons. The minimum absolute atomic E-state index is 0.119. The standard InChI is InChI=1S/C17H16ClN3O3S/c1-10-3-5-12(6-4-10)25(23,24)21-19-9-14-13-8-16(22)11(2)7-15(13)20-17(14)18/h3-9,20-22H,1-2H3/b19-9+. The fourth-order valence-electron chi connectivity index (χ4n) is 2.38. The molecule has 0 fully saturated rings. The monoisotopic (exact) mass is 377 g/mol. The van der Waals surface area contributed by atoms with Crippen LogP contribution in [0.25, 0.3) is 10.9 Å². The van der Waals surface area contributed by atoms with E-state index in [1.807, 2.05) is 6.92 Å². The van der Waals surface area contributed by atoms with E-state index in [9.17, 15) is 13.5 Å². The summed E-state index contributed by atoms with van der Waals surface area (Å²) in [5.74, 6) is 0.123. The highest BCUT2D eigenvalue weighted by Crippen LogP contribution is 2.30. The molecule has 3 aromatic rings. The summed E-state index contributed by atoms with van der Waals surface area (Å²) in [5.41, 5.74) is 2.87. The molecule has 3 N–H and O–H groups in total. The van der Waals surface area contributed by atoms with E-state index in [4.69, 9.17) is 11.6 Å². The lowest BCUT2D eigenvalue weighted by molar-refractivity contribution is 0.472. The molecule has 2 aromatic carbocycles. The average molecular weight is 378 g/mol. The second kappa shape index (κ2) is 6.42. The van der Waals surface area contributed by atoms with E-state index in [1.165, 1.54) is 18.3 Å². The number of nitrogens with zero attached hydrogens (tertiary/aromatic N) is 1. The minimum Gasteiger partial charge on any atom is -0.508 e. The number of phenolic OH excluding ortho intramolecular Hbond substituents is 1. The Morgan fingerprint density at radius 3 is 2.56 bits per heavy atom. The van der Waals surface area contributed by atoms with Crippen LogP contribution in [0.2, 0.25) is 5.15 Å². The molecule has 0 saturated carbocycles. The Kier molecular flexibility index (Phi) is 4.45. The van der Waals surface area contributed by atoms with Gasteiger partial charge < -0.3 is 10.1 Å². The maximum absolute atomic E-state index is 12.2. The van der Waals surface area contributed by atoms with Crippen LogP contribution >= 0.6 is 11.6 Å². The van der Waals surface area contributed by atoms with Crippen LogP contribution in [0, 0.1) is 13.8 Å². The number of fused-ring (bicyclic) bond motifs is 1. The second-order valence-electron chi connectivity index (χ2n) is 5.70. The van der Waals surface area contributed by atoms with Crippen molar-refractivity contribution in [2.75, 3.05) is 0 Å². The molecule has 1 heterocycles. The molecule has 0 aliphatic heterocycles. The molecule has 0 atom stereocenters. The number of sulfonamides is 1. The maximum Gasteiger partial charge on any atom is 0.276 e. The number of aryl methyl sites for hydroxylation is 2. The lowest BCUT2D eigenvalue weighted by Gasteiger charge is -2.03. The van der Waals surface area contributed by atoms with E-state index < -0.39 is 10.0 Å². The molecule has 25 heavy (non-hydrogen) atoms. The Bertz CT molecular complexity index is 1070. The Balaban J connectivity index is 1.90. The predicted octanol–water partition coefficient (Wildman–Crippen LogP) is 3.46. The summed E-state index contributed by atoms with van der Waals surface area (Å²) in [7, 11) is -3.76. The first kappa shape index (κ1) is 17.3. The Morgan fingerprint density at radius 1 is 1.20 bits per heavy atom. The molecule has 0 amide bonds. The molecule has 3 rings (SSSR count). The van der Waals surface area contributed by atoms with Crippen molar-refractivity contribution >= 4 is 38.7 Å². The van der Waals surface area contributed by atoms with E-state index in [0.717, 1.165) is 11.1 Å². The Morgan fingerprint density at radius 2 is 1.88 bits per heavy atom. The van der Waals surface area contributed by atoms with Crippen LogP contribution in [-0.4, -0.2) is 24.7 Å². The topological polar surface area (TPSA) is 94.5 Å². The van der Waals surface area contributed by atoms with Gasteiger partial charge in [-0.25, -0.2) is 4.83 Å². The number of H-pyrrole nitrogens is 1. The van der Waals surface area contributed by atoms with Gasteiger partial charge in [-0.1, -0.05) is 29.3 Å². The van der Waals surface area contributed by atoms with Gasteiger partial charge in [0.25, 0.3) is 10.0 Å². The number of hydrazone groups is 1. The van der Waals surface area contributed by atoms with Gasteiger partial charge in [0.15, 0.2) is 0 Å². The number of rotatable bonds is 4. The number of halogens is 1. The van der Waals surface area contributed by atoms with Crippen molar-refractivity contribution in [2.45, 2.75) is 18.7 Å². The number of hydrogen-bond donors (Lipinski definition) is 3. The lowest BCUT2D eigenvalue weighted by atomic mass is 10.1. The minimum atomic E-state index is -3.76. The number of benzene rings is 2. The first-order chi connectivity index (χ1) is 11.8. The summed E-state index contributed by atoms with van der Waals surface area (Å²) in [4.78, 5) is 5.24. The molecule has 0 bridgehead atoms. The summed E-state index contributed by atoms with van der Waals surface area (Å²) < 4.78 is 24.4. The van der Waals surface area contributed by atoms with Gasteiger partial charge in [-0.2, -0.15) is 13.5 Å². The smallest absolute Gasteiger partial charge is 0.276 e. The molecule has 1 aromatic heterocycles. The van der Waals surface area contributed by atoms with Gasteiger partial charge in [-0.05, 0) is 43.7 Å². The van der Waals surface area contributed by atoms with Crippen LogP contribution < -0.4 is 4.83 Å². The molecular formula is C17H16ClN3O3S. The van der Waals surface area contributed by atoms with Crippen LogP contribution in [0.15, 0.2) is 46.4 Å². The van der Waals surface area contributed by atoms with Crippen molar-refractivity contribution in [3.8, 4) is 5.75 Å². The largest absolute Gasteiger partial charge is 0.508 e. The first-order valence-electron chi connectivity index (χ1n) is 7.40. The van der Waals surface area contributed by atoms with Crippen molar-refractivity contribution in [3.63, 3.8) is 0 Å². The molecule has 0 aliphatic carbocycles. The van der Waals surface area contributed by atoms with Crippen LogP contribution in [0.1, 0.15) is 16.7 Å². The number of hydrogen-bond acceptors (Lipinski definition) is 4. The molecule has 0 aliphatic rings. The van der Waals surface area contributed by atoms with Gasteiger partial charge in [0.05, 0.1) is 11.1 Å². The number of nitrogens with one attached hydrogen (secondary N) is 2. The van der Waals surface area contributed by atoms with E-state index in [0.29, 0.717) is 21.7 Å². The van der Waals surface area contributed by atoms with Crippen LogP contribution in [0.5, 0.6) is 5.75 Å². The quantitative estimate of drug-likeness (QED) is 0.480. The molecule has 0 spiro atoms. The summed E-state index contributed by atoms with van der Waals surface area (Å²) in [6.45, 7) is 3.64. The number of phenols is 1. The van der Waals surface area contributed by atoms with Crippen LogP contribution in [0.4, 0.5) is 0 Å². The van der Waals surface area contributed by atoms with Gasteiger partial charge in [0.1, 0.15) is 10.9 Å². The molecule has 0 saturated heterocycles. The number of aromatic nitrogens is 1. The van der Waals surface area contributed by atoms with Crippen molar-refractivity contribution in [1.29, 1.82) is 0 Å². The molecule has 8 heteroatoms. The summed E-state index contributed by atoms with van der Waals surface area (Å²) >= 11 is 6.15. The molecule has 0 radical (unpaired) electrons. The zero-order valence-electron chi connectivity index (χ0n) is 13.5. The number of aromatic hydroxyl groups is 1. The predicted molar refractivity (Wildman–Crippen MR) is 98.8 cm³/mol. The van der Waals surface area contributed by atoms with E-state index in [1.54, 1.807) is 31.2 Å². The SMILES string of the molecule is Cc1ccc(S(=O)(=O)N/N=C/c2c(Cl)[nH]c3cc(C)c(O)cc23)cc1. The van der Waals surface area contributed by atoms with Gasteiger partial charge in [0, 0.05) is 16.5 Å². The summed E-state index contributed by atoms with van der Waals surface area (Å²) in [6.07, 6.45) is 1.31. The molecule has 6 nitrogen and oxygen atoms in total. The third kappa shape index (κ3) is 3.47. The second-order valence-corrected chi connectivity index (χ2v) is 7.74. The number of aromatic amines is 1. The third-order valence-corrected chi connectivity index (χ3v) is 5.34. The van der Waals surface area contributed by atoms with E-state index in [-0.39, 0.29) is 10.6 Å². The lowest BCUT2D eigenvalue weighted by Crippen LogP contribution is -2.18. The first-order valence-corrected chi connectivity index (χ1v) is 9.26. The highest BCUT2D eigenvalue weighted by molar-refractivity contribution is 7.89. The van der Waals surface area contributed by atoms with Gasteiger partial charge in [-0.3, -0.25) is 0 Å². The van der Waals surface area contributed by atoms with Crippen molar-refractivity contribution in [1.82, 2.24) is 9.82 Å². The summed E-state index contributed by atoms with van der Waals surface area (Å²) in [6, 6.07) is 9.74. The third-order valence-electron chi connectivity index (χ3n) is 3.80. The zero-order valence-corrected chi connectivity index (χ0v) is 15.1. The van der Waals surface area contributed by atoms with Crippen LogP contribution in [0.3, 0.4) is 0 Å². The van der Waals surface area contributed by atoms with Gasteiger partial charge in [-0.15, -0.1) is 0 Å². The fourth-order valence-corrected chi connectivity index (χ4v) is 3.43. The van der Waals surface area contributed by atoms with Gasteiger partial charge >= 0.3 is 0 Å². The fraction of sp³-hybridized carbons (Fsp3) is 0.118. The normalized spacial score (nSPS) is 12.1. The van der Waals surface area contributed by atoms with Crippen molar-refractivity contribution in [2.24, 2.45) is 5.10 Å². The van der Waals surface area contributed by atoms with Crippen molar-refractivity contribution in [3.05, 3.63) is 58.2 Å². The van der Waals surface area contributed by atoms with Crippen LogP contribution in [-0.2, 0) is 10.0 Å². The summed E-state index contributed by atoms with van der Waals surface area (Å²) in [5, 5.41) is 14.6. The average Bonchev–Trinajstić information content (AvgIpc) is 2.83. The maximum atomic E-state index is 12.2. The molecular weight excluding hydrogens is 362 g/mol.